The smallest absolute Gasteiger partial charge is 0.407 e. The lowest BCUT2D eigenvalue weighted by Crippen LogP contribution is -2.37. The van der Waals surface area contributed by atoms with E-state index < -0.39 is 11.7 Å². The molecule has 0 aromatic carbocycles. The second-order valence-corrected chi connectivity index (χ2v) is 6.27. The molecule has 134 valence electrons. The maximum Gasteiger partial charge on any atom is 0.407 e. The first-order chi connectivity index (χ1) is 9.97. The molecule has 1 N–H and O–H groups in total. The molecule has 0 fully saturated rings. The van der Waals surface area contributed by atoms with Gasteiger partial charge in [0.25, 0.3) is 0 Å². The molecule has 0 bridgehead atoms. The number of alkyl carbamates (subject to hydrolysis) is 1. The van der Waals surface area contributed by atoms with Gasteiger partial charge in [-0.2, -0.15) is 0 Å². The SMILES string of the molecule is CC.CC(C)C.CCC(=O)OC(C)CNC(=O)OC(C)(C)C. The van der Waals surface area contributed by atoms with Crippen LogP contribution in [0.4, 0.5) is 4.79 Å². The summed E-state index contributed by atoms with van der Waals surface area (Å²) >= 11 is 0. The number of rotatable bonds is 4. The highest BCUT2D eigenvalue weighted by Gasteiger charge is 2.17. The summed E-state index contributed by atoms with van der Waals surface area (Å²) in [6, 6.07) is 0. The lowest BCUT2D eigenvalue weighted by atomic mass is 10.2. The lowest BCUT2D eigenvalue weighted by Gasteiger charge is -2.20. The first-order valence-corrected chi connectivity index (χ1v) is 8.14. The van der Waals surface area contributed by atoms with Crippen molar-refractivity contribution in [2.24, 2.45) is 5.92 Å². The third kappa shape index (κ3) is 27.1. The minimum atomic E-state index is -0.520. The van der Waals surface area contributed by atoms with E-state index in [1.54, 1.807) is 34.6 Å². The number of carbonyl (C=O) groups is 2. The van der Waals surface area contributed by atoms with Crippen LogP contribution in [0.2, 0.25) is 0 Å². The fourth-order valence-corrected chi connectivity index (χ4v) is 0.891. The molecule has 0 radical (unpaired) electrons. The van der Waals surface area contributed by atoms with Crippen molar-refractivity contribution in [1.82, 2.24) is 5.32 Å². The molecule has 1 amide bonds. The molecule has 5 nitrogen and oxygen atoms in total. The van der Waals surface area contributed by atoms with Gasteiger partial charge in [0.2, 0.25) is 0 Å². The average molecular weight is 319 g/mol. The van der Waals surface area contributed by atoms with Gasteiger partial charge in [-0.05, 0) is 33.6 Å². The Bertz CT molecular complexity index is 280. The van der Waals surface area contributed by atoms with Crippen LogP contribution >= 0.6 is 0 Å². The van der Waals surface area contributed by atoms with Gasteiger partial charge in [0.05, 0.1) is 6.54 Å². The minimum absolute atomic E-state index is 0.251. The molecule has 0 aliphatic carbocycles. The zero-order valence-electron chi connectivity index (χ0n) is 16.2. The van der Waals surface area contributed by atoms with Gasteiger partial charge in [-0.25, -0.2) is 4.79 Å². The van der Waals surface area contributed by atoms with E-state index in [1.807, 2.05) is 13.8 Å². The van der Waals surface area contributed by atoms with Gasteiger partial charge in [-0.15, -0.1) is 0 Å². The highest BCUT2D eigenvalue weighted by Crippen LogP contribution is 2.06. The first kappa shape index (κ1) is 25.7. The molecule has 0 spiro atoms. The number of hydrogen-bond acceptors (Lipinski definition) is 4. The largest absolute Gasteiger partial charge is 0.461 e. The van der Waals surface area contributed by atoms with Gasteiger partial charge in [0.15, 0.2) is 0 Å². The van der Waals surface area contributed by atoms with Gasteiger partial charge in [-0.1, -0.05) is 41.5 Å². The highest BCUT2D eigenvalue weighted by atomic mass is 16.6. The van der Waals surface area contributed by atoms with Crippen molar-refractivity contribution >= 4 is 12.1 Å². The Morgan fingerprint density at radius 3 is 1.77 bits per heavy atom. The summed E-state index contributed by atoms with van der Waals surface area (Å²) in [6.45, 7) is 19.5. The van der Waals surface area contributed by atoms with Crippen LogP contribution < -0.4 is 5.32 Å². The molecular weight excluding hydrogens is 282 g/mol. The van der Waals surface area contributed by atoms with Crippen molar-refractivity contribution in [3.63, 3.8) is 0 Å². The molecule has 0 aliphatic rings. The van der Waals surface area contributed by atoms with Crippen LogP contribution in [0.25, 0.3) is 0 Å². The van der Waals surface area contributed by atoms with Gasteiger partial charge in [0, 0.05) is 6.42 Å². The van der Waals surface area contributed by atoms with Crippen LogP contribution in [0.15, 0.2) is 0 Å². The van der Waals surface area contributed by atoms with E-state index >= 15 is 0 Å². The van der Waals surface area contributed by atoms with Crippen molar-refractivity contribution in [3.05, 3.63) is 0 Å². The fraction of sp³-hybridized carbons (Fsp3) is 0.882. The topological polar surface area (TPSA) is 64.6 Å². The van der Waals surface area contributed by atoms with Crippen molar-refractivity contribution in [3.8, 4) is 0 Å². The zero-order valence-corrected chi connectivity index (χ0v) is 16.2. The van der Waals surface area contributed by atoms with Crippen molar-refractivity contribution < 1.29 is 19.1 Å². The van der Waals surface area contributed by atoms with Crippen LogP contribution in [-0.4, -0.2) is 30.3 Å². The van der Waals surface area contributed by atoms with Crippen molar-refractivity contribution in [1.29, 1.82) is 0 Å². The van der Waals surface area contributed by atoms with E-state index in [4.69, 9.17) is 9.47 Å². The molecule has 5 heteroatoms. The Balaban J connectivity index is -0.000000516. The maximum absolute atomic E-state index is 11.2. The number of nitrogens with one attached hydrogen (secondary N) is 1. The summed E-state index contributed by atoms with van der Waals surface area (Å²) in [5, 5.41) is 2.53. The molecule has 1 unspecified atom stereocenters. The molecule has 0 saturated carbocycles. The van der Waals surface area contributed by atoms with Gasteiger partial charge < -0.3 is 14.8 Å². The Kier molecular flexibility index (Phi) is 17.1. The summed E-state index contributed by atoms with van der Waals surface area (Å²) in [5.41, 5.74) is -0.520. The number of amides is 1. The Hall–Kier alpha value is -1.26. The summed E-state index contributed by atoms with van der Waals surface area (Å²) < 4.78 is 10.00. The van der Waals surface area contributed by atoms with E-state index in [-0.39, 0.29) is 18.6 Å². The summed E-state index contributed by atoms with van der Waals surface area (Å²) in [4.78, 5) is 22.2. The van der Waals surface area contributed by atoms with Crippen LogP contribution in [-0.2, 0) is 14.3 Å². The van der Waals surface area contributed by atoms with Gasteiger partial charge in [0.1, 0.15) is 11.7 Å². The molecule has 0 saturated heterocycles. The third-order valence-corrected chi connectivity index (χ3v) is 1.55. The molecule has 0 rings (SSSR count). The van der Waals surface area contributed by atoms with Gasteiger partial charge >= 0.3 is 12.1 Å². The van der Waals surface area contributed by atoms with Crippen LogP contribution in [0.3, 0.4) is 0 Å². The van der Waals surface area contributed by atoms with Gasteiger partial charge in [-0.3, -0.25) is 4.79 Å². The molecule has 0 aromatic heterocycles. The van der Waals surface area contributed by atoms with E-state index in [0.29, 0.717) is 6.42 Å². The van der Waals surface area contributed by atoms with E-state index in [1.165, 1.54) is 0 Å². The van der Waals surface area contributed by atoms with Crippen LogP contribution in [0, 0.1) is 5.92 Å². The Morgan fingerprint density at radius 1 is 1.05 bits per heavy atom. The molecule has 0 aliphatic heterocycles. The molecule has 1 atom stereocenters. The lowest BCUT2D eigenvalue weighted by molar-refractivity contribution is -0.147. The quantitative estimate of drug-likeness (QED) is 0.773. The van der Waals surface area contributed by atoms with E-state index in [0.717, 1.165) is 5.92 Å². The number of ether oxygens (including phenoxy) is 2. The van der Waals surface area contributed by atoms with E-state index in [9.17, 15) is 9.59 Å². The summed E-state index contributed by atoms with van der Waals surface area (Å²) in [7, 11) is 0. The van der Waals surface area contributed by atoms with Crippen LogP contribution in [0.1, 0.15) is 75.7 Å². The number of carbonyl (C=O) groups excluding carboxylic acids is 2. The third-order valence-electron chi connectivity index (χ3n) is 1.55. The average Bonchev–Trinajstić information content (AvgIpc) is 2.36. The summed E-state index contributed by atoms with van der Waals surface area (Å²) in [6.07, 6.45) is -0.525. The Labute approximate surface area is 137 Å². The Morgan fingerprint density at radius 2 is 1.45 bits per heavy atom. The highest BCUT2D eigenvalue weighted by molar-refractivity contribution is 5.69. The number of hydrogen-bond donors (Lipinski definition) is 1. The normalized spacial score (nSPS) is 11.2. The minimum Gasteiger partial charge on any atom is -0.461 e. The predicted molar refractivity (Wildman–Crippen MR) is 91.9 cm³/mol. The monoisotopic (exact) mass is 319 g/mol. The van der Waals surface area contributed by atoms with Crippen LogP contribution in [0.5, 0.6) is 0 Å². The van der Waals surface area contributed by atoms with E-state index in [2.05, 4.69) is 26.1 Å². The second-order valence-electron chi connectivity index (χ2n) is 6.27. The predicted octanol–water partition coefficient (Wildman–Crippen LogP) is 4.54. The summed E-state index contributed by atoms with van der Waals surface area (Å²) in [5.74, 6) is 0.554. The molecular formula is C17H37NO4. The first-order valence-electron chi connectivity index (χ1n) is 8.14. The number of esters is 1. The standard InChI is InChI=1S/C11H21NO4.C4H10.C2H6/c1-6-9(13)15-8(2)7-12-10(14)16-11(3,4)5;1-4(2)3;1-2/h8H,6-7H2,1-5H3,(H,12,14);4H,1-3H3;1-2H3. The van der Waals surface area contributed by atoms with Crippen molar-refractivity contribution in [2.75, 3.05) is 6.54 Å². The second kappa shape index (κ2) is 14.7. The fourth-order valence-electron chi connectivity index (χ4n) is 0.891. The molecule has 0 aromatic rings. The molecule has 22 heavy (non-hydrogen) atoms. The molecule has 0 heterocycles. The van der Waals surface area contributed by atoms with Crippen molar-refractivity contribution in [2.45, 2.75) is 87.4 Å². The maximum atomic E-state index is 11.2. The zero-order chi connectivity index (χ0) is 18.3.